The van der Waals surface area contributed by atoms with Crippen molar-refractivity contribution < 1.29 is 4.79 Å². The van der Waals surface area contributed by atoms with Crippen molar-refractivity contribution in [3.05, 3.63) is 29.8 Å². The SMILES string of the molecule is CCN(Cc1ccc(N(C)C)cc1)C(=O)CCC(C)(C)N. The van der Waals surface area contributed by atoms with Gasteiger partial charge in [-0.2, -0.15) is 0 Å². The predicted octanol–water partition coefficient (Wildman–Crippen LogP) is 2.62. The fourth-order valence-corrected chi connectivity index (χ4v) is 2.08. The highest BCUT2D eigenvalue weighted by atomic mass is 16.2. The Morgan fingerprint density at radius 1 is 1.19 bits per heavy atom. The molecule has 0 fully saturated rings. The van der Waals surface area contributed by atoms with Crippen LogP contribution in [0.15, 0.2) is 24.3 Å². The van der Waals surface area contributed by atoms with Crippen molar-refractivity contribution in [1.29, 1.82) is 0 Å². The van der Waals surface area contributed by atoms with Gasteiger partial charge in [-0.05, 0) is 44.9 Å². The molecule has 0 aliphatic carbocycles. The number of nitrogens with zero attached hydrogens (tertiary/aromatic N) is 2. The highest BCUT2D eigenvalue weighted by Crippen LogP contribution is 2.15. The van der Waals surface area contributed by atoms with Crippen molar-refractivity contribution in [2.75, 3.05) is 25.5 Å². The van der Waals surface area contributed by atoms with Crippen molar-refractivity contribution in [2.24, 2.45) is 5.73 Å². The van der Waals surface area contributed by atoms with E-state index in [1.807, 2.05) is 39.8 Å². The average Bonchev–Trinajstić information content (AvgIpc) is 2.41. The highest BCUT2D eigenvalue weighted by molar-refractivity contribution is 5.76. The fourth-order valence-electron chi connectivity index (χ4n) is 2.08. The first-order chi connectivity index (χ1) is 9.73. The Labute approximate surface area is 128 Å². The van der Waals surface area contributed by atoms with Crippen molar-refractivity contribution in [3.63, 3.8) is 0 Å². The van der Waals surface area contributed by atoms with Crippen LogP contribution in [0.4, 0.5) is 5.69 Å². The molecule has 0 aliphatic rings. The Kier molecular flexibility index (Phi) is 6.21. The first-order valence-corrected chi connectivity index (χ1v) is 7.56. The number of hydrogen-bond donors (Lipinski definition) is 1. The number of amides is 1. The Morgan fingerprint density at radius 3 is 2.19 bits per heavy atom. The zero-order valence-electron chi connectivity index (χ0n) is 14.0. The second kappa shape index (κ2) is 7.46. The van der Waals surface area contributed by atoms with Crippen LogP contribution < -0.4 is 10.6 Å². The summed E-state index contributed by atoms with van der Waals surface area (Å²) in [7, 11) is 4.04. The van der Waals surface area contributed by atoms with Gasteiger partial charge in [0.05, 0.1) is 0 Å². The van der Waals surface area contributed by atoms with Gasteiger partial charge in [0.15, 0.2) is 0 Å². The Bertz CT molecular complexity index is 446. The van der Waals surface area contributed by atoms with Gasteiger partial charge in [-0.15, -0.1) is 0 Å². The first kappa shape index (κ1) is 17.5. The molecule has 0 radical (unpaired) electrons. The summed E-state index contributed by atoms with van der Waals surface area (Å²) in [5, 5.41) is 0. The molecule has 0 bridgehead atoms. The van der Waals surface area contributed by atoms with E-state index in [4.69, 9.17) is 5.73 Å². The first-order valence-electron chi connectivity index (χ1n) is 7.56. The van der Waals surface area contributed by atoms with E-state index in [1.165, 1.54) is 0 Å². The van der Waals surface area contributed by atoms with Gasteiger partial charge in [0.25, 0.3) is 0 Å². The van der Waals surface area contributed by atoms with Crippen LogP contribution in [0, 0.1) is 0 Å². The second-order valence-electron chi connectivity index (χ2n) is 6.46. The Morgan fingerprint density at radius 2 is 1.76 bits per heavy atom. The summed E-state index contributed by atoms with van der Waals surface area (Å²) in [4.78, 5) is 16.2. The van der Waals surface area contributed by atoms with E-state index in [0.717, 1.165) is 17.8 Å². The zero-order valence-corrected chi connectivity index (χ0v) is 14.0. The van der Waals surface area contributed by atoms with E-state index >= 15 is 0 Å². The van der Waals surface area contributed by atoms with E-state index in [9.17, 15) is 4.79 Å². The number of carbonyl (C=O) groups is 1. The van der Waals surface area contributed by atoms with Gasteiger partial charge >= 0.3 is 0 Å². The van der Waals surface area contributed by atoms with Gasteiger partial charge in [-0.1, -0.05) is 12.1 Å². The molecule has 2 N–H and O–H groups in total. The normalized spacial score (nSPS) is 11.3. The molecular weight excluding hydrogens is 262 g/mol. The third kappa shape index (κ3) is 6.17. The summed E-state index contributed by atoms with van der Waals surface area (Å²) in [6, 6.07) is 8.32. The molecular formula is C17H29N3O. The van der Waals surface area contributed by atoms with Crippen LogP contribution in [-0.4, -0.2) is 37.0 Å². The van der Waals surface area contributed by atoms with E-state index in [2.05, 4.69) is 29.2 Å². The Balaban J connectivity index is 2.62. The van der Waals surface area contributed by atoms with Crippen LogP contribution in [0.5, 0.6) is 0 Å². The lowest BCUT2D eigenvalue weighted by Crippen LogP contribution is -2.36. The lowest BCUT2D eigenvalue weighted by molar-refractivity contribution is -0.132. The standard InChI is InChI=1S/C17H29N3O/c1-6-20(16(21)11-12-17(2,3)18)13-14-7-9-15(10-8-14)19(4)5/h7-10H,6,11-13,18H2,1-5H3. The second-order valence-corrected chi connectivity index (χ2v) is 6.46. The number of hydrogen-bond acceptors (Lipinski definition) is 3. The summed E-state index contributed by atoms with van der Waals surface area (Å²) in [6.45, 7) is 7.31. The number of rotatable bonds is 7. The molecule has 4 nitrogen and oxygen atoms in total. The minimum absolute atomic E-state index is 0.174. The lowest BCUT2D eigenvalue weighted by atomic mass is 9.99. The van der Waals surface area contributed by atoms with Gasteiger partial charge in [0.1, 0.15) is 0 Å². The van der Waals surface area contributed by atoms with Gasteiger partial charge in [0.2, 0.25) is 5.91 Å². The van der Waals surface area contributed by atoms with Crippen molar-refractivity contribution >= 4 is 11.6 Å². The molecule has 0 aliphatic heterocycles. The summed E-state index contributed by atoms with van der Waals surface area (Å²) in [6.07, 6.45) is 1.22. The smallest absolute Gasteiger partial charge is 0.222 e. The number of nitrogens with two attached hydrogens (primary N) is 1. The Hall–Kier alpha value is -1.55. The summed E-state index contributed by atoms with van der Waals surface area (Å²) >= 11 is 0. The summed E-state index contributed by atoms with van der Waals surface area (Å²) in [5.41, 5.74) is 7.98. The zero-order chi connectivity index (χ0) is 16.0. The van der Waals surface area contributed by atoms with Gasteiger partial charge in [-0.25, -0.2) is 0 Å². The molecule has 1 rings (SSSR count). The van der Waals surface area contributed by atoms with E-state index < -0.39 is 0 Å². The van der Waals surface area contributed by atoms with Crippen LogP contribution in [0.2, 0.25) is 0 Å². The van der Waals surface area contributed by atoms with Crippen LogP contribution in [0.25, 0.3) is 0 Å². The molecule has 0 heterocycles. The van der Waals surface area contributed by atoms with Crippen LogP contribution in [0.1, 0.15) is 39.2 Å². The molecule has 0 aromatic heterocycles. The van der Waals surface area contributed by atoms with Crippen LogP contribution in [0.3, 0.4) is 0 Å². The molecule has 1 aromatic carbocycles. The largest absolute Gasteiger partial charge is 0.378 e. The summed E-state index contributed by atoms with van der Waals surface area (Å²) in [5.74, 6) is 0.174. The highest BCUT2D eigenvalue weighted by Gasteiger charge is 2.17. The predicted molar refractivity (Wildman–Crippen MR) is 89.4 cm³/mol. The topological polar surface area (TPSA) is 49.6 Å². The van der Waals surface area contributed by atoms with E-state index in [-0.39, 0.29) is 11.4 Å². The molecule has 0 spiro atoms. The van der Waals surface area contributed by atoms with Crippen molar-refractivity contribution in [1.82, 2.24) is 4.90 Å². The van der Waals surface area contributed by atoms with Gasteiger partial charge in [-0.3, -0.25) is 4.79 Å². The molecule has 0 saturated carbocycles. The van der Waals surface area contributed by atoms with E-state index in [1.54, 1.807) is 0 Å². The van der Waals surface area contributed by atoms with Crippen LogP contribution >= 0.6 is 0 Å². The third-order valence-electron chi connectivity index (χ3n) is 3.54. The monoisotopic (exact) mass is 291 g/mol. The maximum Gasteiger partial charge on any atom is 0.222 e. The fraction of sp³-hybridized carbons (Fsp3) is 0.588. The lowest BCUT2D eigenvalue weighted by Gasteiger charge is -2.24. The molecule has 1 amide bonds. The van der Waals surface area contributed by atoms with Crippen LogP contribution in [-0.2, 0) is 11.3 Å². The molecule has 4 heteroatoms. The molecule has 1 aromatic rings. The minimum atomic E-state index is -0.289. The van der Waals surface area contributed by atoms with Crippen molar-refractivity contribution in [3.8, 4) is 0 Å². The molecule has 0 saturated heterocycles. The molecule has 0 unspecified atom stereocenters. The number of carbonyl (C=O) groups excluding carboxylic acids is 1. The maximum atomic E-state index is 12.3. The van der Waals surface area contributed by atoms with Crippen molar-refractivity contribution in [2.45, 2.75) is 45.7 Å². The third-order valence-corrected chi connectivity index (χ3v) is 3.54. The average molecular weight is 291 g/mol. The minimum Gasteiger partial charge on any atom is -0.378 e. The molecule has 0 atom stereocenters. The number of anilines is 1. The van der Waals surface area contributed by atoms with Gasteiger partial charge < -0.3 is 15.5 Å². The number of benzene rings is 1. The van der Waals surface area contributed by atoms with E-state index in [0.29, 0.717) is 19.4 Å². The quantitative estimate of drug-likeness (QED) is 0.840. The molecule has 21 heavy (non-hydrogen) atoms. The molecule has 118 valence electrons. The maximum absolute atomic E-state index is 12.3. The van der Waals surface area contributed by atoms with Gasteiger partial charge in [0, 0.05) is 44.8 Å². The summed E-state index contributed by atoms with van der Waals surface area (Å²) < 4.78 is 0.